The fraction of sp³-hybridized carbons (Fsp3) is 0. The van der Waals surface area contributed by atoms with Gasteiger partial charge in [-0.1, -0.05) is 11.6 Å². The van der Waals surface area contributed by atoms with Crippen molar-refractivity contribution < 1.29 is 4.42 Å². The number of nitrogens with one attached hydrogen (secondary N) is 1. The smallest absolute Gasteiger partial charge is 0.284 e. The molecule has 0 spiro atoms. The van der Waals surface area contributed by atoms with Gasteiger partial charge in [-0.05, 0) is 30.4 Å². The molecule has 0 aliphatic carbocycles. The summed E-state index contributed by atoms with van der Waals surface area (Å²) in [4.78, 5) is 0.208. The molecule has 1 aromatic heterocycles. The van der Waals surface area contributed by atoms with Crippen LogP contribution in [-0.2, 0) is 0 Å². The summed E-state index contributed by atoms with van der Waals surface area (Å²) in [5.41, 5.74) is 6.90. The lowest BCUT2D eigenvalue weighted by Gasteiger charge is -2.00. The van der Waals surface area contributed by atoms with Gasteiger partial charge in [0.15, 0.2) is 0 Å². The molecule has 0 fully saturated rings. The Hall–Kier alpha value is -1.33. The number of benzene rings is 1. The highest BCUT2D eigenvalue weighted by Crippen LogP contribution is 2.26. The van der Waals surface area contributed by atoms with E-state index in [0.29, 0.717) is 22.2 Å². The third kappa shape index (κ3) is 1.64. The lowest BCUT2D eigenvalue weighted by Crippen LogP contribution is -1.89. The standard InChI is InChI=1S/C8H6ClN3OS/c9-4-1-2-6(10)5(3-4)7-11-12-8(14)13-7/h1-3H,10H2,(H,12,14). The predicted molar refractivity (Wildman–Crippen MR) is 56.5 cm³/mol. The Bertz CT molecular complexity index is 519. The van der Waals surface area contributed by atoms with E-state index < -0.39 is 0 Å². The number of anilines is 1. The molecule has 0 saturated carbocycles. The van der Waals surface area contributed by atoms with E-state index in [2.05, 4.69) is 10.2 Å². The molecule has 0 radical (unpaired) electrons. The van der Waals surface area contributed by atoms with E-state index in [1.165, 1.54) is 0 Å². The second-order valence-electron chi connectivity index (χ2n) is 2.65. The molecular weight excluding hydrogens is 222 g/mol. The maximum Gasteiger partial charge on any atom is 0.284 e. The number of rotatable bonds is 1. The van der Waals surface area contributed by atoms with E-state index in [4.69, 9.17) is 34.0 Å². The van der Waals surface area contributed by atoms with E-state index >= 15 is 0 Å². The number of nitrogen functional groups attached to an aromatic ring is 1. The minimum Gasteiger partial charge on any atom is -0.409 e. The number of nitrogens with two attached hydrogens (primary N) is 1. The SMILES string of the molecule is Nc1ccc(Cl)cc1-c1n[nH]c(=S)o1. The van der Waals surface area contributed by atoms with Crippen molar-refractivity contribution in [2.75, 3.05) is 5.73 Å². The number of hydrogen-bond donors (Lipinski definition) is 2. The third-order valence-electron chi connectivity index (χ3n) is 1.68. The first-order chi connectivity index (χ1) is 6.66. The van der Waals surface area contributed by atoms with Crippen molar-refractivity contribution in [3.05, 3.63) is 28.1 Å². The Morgan fingerprint density at radius 1 is 1.50 bits per heavy atom. The van der Waals surface area contributed by atoms with Gasteiger partial charge in [0.1, 0.15) is 0 Å². The van der Waals surface area contributed by atoms with Crippen LogP contribution in [0.15, 0.2) is 22.6 Å². The van der Waals surface area contributed by atoms with Crippen LogP contribution >= 0.6 is 23.8 Å². The molecule has 0 bridgehead atoms. The van der Waals surface area contributed by atoms with Crippen molar-refractivity contribution in [1.29, 1.82) is 0 Å². The van der Waals surface area contributed by atoms with Gasteiger partial charge in [-0.15, -0.1) is 5.10 Å². The Balaban J connectivity index is 2.61. The fourth-order valence-electron chi connectivity index (χ4n) is 1.06. The van der Waals surface area contributed by atoms with Gasteiger partial charge in [-0.3, -0.25) is 0 Å². The Morgan fingerprint density at radius 2 is 2.29 bits per heavy atom. The van der Waals surface area contributed by atoms with E-state index in [9.17, 15) is 0 Å². The molecule has 2 rings (SSSR count). The normalized spacial score (nSPS) is 10.4. The topological polar surface area (TPSA) is 67.8 Å². The van der Waals surface area contributed by atoms with E-state index in [0.717, 1.165) is 0 Å². The van der Waals surface area contributed by atoms with Gasteiger partial charge in [-0.25, -0.2) is 5.10 Å². The molecule has 2 aromatic rings. The van der Waals surface area contributed by atoms with Crippen LogP contribution in [-0.4, -0.2) is 10.2 Å². The first-order valence-electron chi connectivity index (χ1n) is 3.78. The zero-order valence-electron chi connectivity index (χ0n) is 6.95. The number of H-pyrrole nitrogens is 1. The van der Waals surface area contributed by atoms with Crippen molar-refractivity contribution in [3.63, 3.8) is 0 Å². The lowest BCUT2D eigenvalue weighted by atomic mass is 10.2. The van der Waals surface area contributed by atoms with Gasteiger partial charge in [0.25, 0.3) is 4.84 Å². The Morgan fingerprint density at radius 3 is 2.93 bits per heavy atom. The van der Waals surface area contributed by atoms with Crippen molar-refractivity contribution in [2.45, 2.75) is 0 Å². The molecule has 0 unspecified atom stereocenters. The number of aromatic nitrogens is 2. The maximum absolute atomic E-state index is 5.81. The zero-order chi connectivity index (χ0) is 10.1. The van der Waals surface area contributed by atoms with Crippen LogP contribution in [0.3, 0.4) is 0 Å². The lowest BCUT2D eigenvalue weighted by molar-refractivity contribution is 0.552. The van der Waals surface area contributed by atoms with Gasteiger partial charge in [-0.2, -0.15) is 0 Å². The number of aromatic amines is 1. The minimum atomic E-state index is 0.208. The number of nitrogens with zero attached hydrogens (tertiary/aromatic N) is 1. The number of hydrogen-bond acceptors (Lipinski definition) is 4. The molecule has 4 nitrogen and oxygen atoms in total. The van der Waals surface area contributed by atoms with Crippen LogP contribution in [0.2, 0.25) is 5.02 Å². The molecule has 0 atom stereocenters. The molecule has 0 amide bonds. The molecule has 3 N–H and O–H groups in total. The summed E-state index contributed by atoms with van der Waals surface area (Å²) in [6.07, 6.45) is 0. The third-order valence-corrected chi connectivity index (χ3v) is 2.09. The molecule has 1 aromatic carbocycles. The summed E-state index contributed by atoms with van der Waals surface area (Å²) in [5.74, 6) is 0.343. The summed E-state index contributed by atoms with van der Waals surface area (Å²) in [5, 5.41) is 6.93. The summed E-state index contributed by atoms with van der Waals surface area (Å²) in [6, 6.07) is 5.05. The van der Waals surface area contributed by atoms with Crippen LogP contribution in [0.5, 0.6) is 0 Å². The highest BCUT2D eigenvalue weighted by atomic mass is 35.5. The largest absolute Gasteiger partial charge is 0.409 e. The first kappa shape index (κ1) is 9.23. The zero-order valence-corrected chi connectivity index (χ0v) is 8.52. The van der Waals surface area contributed by atoms with Gasteiger partial charge < -0.3 is 10.2 Å². The summed E-state index contributed by atoms with van der Waals surface area (Å²) < 4.78 is 5.11. The van der Waals surface area contributed by atoms with Gasteiger partial charge in [0.05, 0.1) is 5.56 Å². The second kappa shape index (κ2) is 3.43. The van der Waals surface area contributed by atoms with Crippen molar-refractivity contribution in [2.24, 2.45) is 0 Å². The molecule has 14 heavy (non-hydrogen) atoms. The molecule has 1 heterocycles. The van der Waals surface area contributed by atoms with E-state index in [-0.39, 0.29) is 4.84 Å². The van der Waals surface area contributed by atoms with Gasteiger partial charge in [0, 0.05) is 10.7 Å². The number of halogens is 1. The van der Waals surface area contributed by atoms with Gasteiger partial charge in [0.2, 0.25) is 5.89 Å². The molecule has 72 valence electrons. The molecule has 6 heteroatoms. The van der Waals surface area contributed by atoms with Crippen molar-refractivity contribution in [3.8, 4) is 11.5 Å². The maximum atomic E-state index is 5.81. The van der Waals surface area contributed by atoms with Crippen LogP contribution in [0.25, 0.3) is 11.5 Å². The molecule has 0 aliphatic heterocycles. The highest BCUT2D eigenvalue weighted by Gasteiger charge is 2.08. The average Bonchev–Trinajstić information content (AvgIpc) is 2.56. The summed E-state index contributed by atoms with van der Waals surface area (Å²) >= 11 is 10.6. The molecule has 0 aliphatic rings. The van der Waals surface area contributed by atoms with E-state index in [1.807, 2.05) is 0 Å². The Labute approximate surface area is 89.7 Å². The van der Waals surface area contributed by atoms with Crippen molar-refractivity contribution in [1.82, 2.24) is 10.2 Å². The fourth-order valence-corrected chi connectivity index (χ4v) is 1.36. The quantitative estimate of drug-likeness (QED) is 0.581. The van der Waals surface area contributed by atoms with E-state index in [1.54, 1.807) is 18.2 Å². The highest BCUT2D eigenvalue weighted by molar-refractivity contribution is 7.71. The second-order valence-corrected chi connectivity index (χ2v) is 3.46. The van der Waals surface area contributed by atoms with Gasteiger partial charge >= 0.3 is 0 Å². The van der Waals surface area contributed by atoms with Crippen LogP contribution in [0.1, 0.15) is 0 Å². The molecular formula is C8H6ClN3OS. The van der Waals surface area contributed by atoms with Crippen molar-refractivity contribution >= 4 is 29.5 Å². The first-order valence-corrected chi connectivity index (χ1v) is 4.56. The molecule has 0 saturated heterocycles. The Kier molecular flexibility index (Phi) is 2.26. The van der Waals surface area contributed by atoms with Crippen LogP contribution < -0.4 is 5.73 Å². The van der Waals surface area contributed by atoms with Crippen LogP contribution in [0, 0.1) is 4.84 Å². The summed E-state index contributed by atoms with van der Waals surface area (Å²) in [7, 11) is 0. The summed E-state index contributed by atoms with van der Waals surface area (Å²) in [6.45, 7) is 0. The van der Waals surface area contributed by atoms with Crippen LogP contribution in [0.4, 0.5) is 5.69 Å². The average molecular weight is 228 g/mol. The minimum absolute atomic E-state index is 0.208. The monoisotopic (exact) mass is 227 g/mol. The predicted octanol–water partition coefficient (Wildman–Crippen LogP) is 2.63.